The number of benzene rings is 1. The Kier molecular flexibility index (Phi) is 7.49. The largest absolute Gasteiger partial charge is 0.493 e. The van der Waals surface area contributed by atoms with Crippen molar-refractivity contribution in [2.75, 3.05) is 63.3 Å². The number of pyridine rings is 1. The zero-order valence-corrected chi connectivity index (χ0v) is 24.2. The topological polar surface area (TPSA) is 110 Å². The molecule has 224 valence electrons. The maximum absolute atomic E-state index is 14.7. The summed E-state index contributed by atoms with van der Waals surface area (Å²) in [5.41, 5.74) is 4.28. The number of morpholine rings is 1. The van der Waals surface area contributed by atoms with Crippen LogP contribution in [0.1, 0.15) is 24.0 Å². The highest BCUT2D eigenvalue weighted by molar-refractivity contribution is 5.77. The van der Waals surface area contributed by atoms with E-state index in [-0.39, 0.29) is 12.4 Å². The fourth-order valence-corrected chi connectivity index (χ4v) is 6.55. The first kappa shape index (κ1) is 27.5. The number of ether oxygens (including phenoxy) is 2. The Hall–Kier alpha value is -4.36. The first-order valence-electron chi connectivity index (χ1n) is 14.7. The molecule has 2 saturated heterocycles. The van der Waals surface area contributed by atoms with Crippen LogP contribution in [0.25, 0.3) is 16.8 Å². The maximum atomic E-state index is 14.7. The van der Waals surface area contributed by atoms with E-state index in [0.29, 0.717) is 41.7 Å². The molecule has 0 bridgehead atoms. The van der Waals surface area contributed by atoms with Crippen molar-refractivity contribution in [2.24, 2.45) is 10.1 Å². The number of hydrogen-bond acceptors (Lipinski definition) is 10. The monoisotopic (exact) mass is 586 g/mol. The molecule has 12 nitrogen and oxygen atoms in total. The van der Waals surface area contributed by atoms with Gasteiger partial charge in [0.1, 0.15) is 23.7 Å². The molecular formula is C30H35FN10O2. The average molecular weight is 587 g/mol. The van der Waals surface area contributed by atoms with Gasteiger partial charge < -0.3 is 19.7 Å². The minimum atomic E-state index is -0.269. The molecule has 0 amide bonds. The number of hydrogen-bond donors (Lipinski definition) is 1. The molecule has 0 aliphatic carbocycles. The van der Waals surface area contributed by atoms with E-state index in [0.717, 1.165) is 80.5 Å². The lowest BCUT2D eigenvalue weighted by Crippen LogP contribution is -2.49. The van der Waals surface area contributed by atoms with Crippen molar-refractivity contribution in [3.63, 3.8) is 0 Å². The highest BCUT2D eigenvalue weighted by atomic mass is 19.1. The second-order valence-electron chi connectivity index (χ2n) is 10.9. The van der Waals surface area contributed by atoms with Gasteiger partial charge in [-0.25, -0.2) is 9.37 Å². The van der Waals surface area contributed by atoms with Crippen molar-refractivity contribution in [1.82, 2.24) is 29.2 Å². The Morgan fingerprint density at radius 2 is 1.91 bits per heavy atom. The van der Waals surface area contributed by atoms with E-state index in [2.05, 4.69) is 53.2 Å². The van der Waals surface area contributed by atoms with Crippen LogP contribution in [0, 0.1) is 5.82 Å². The van der Waals surface area contributed by atoms with Gasteiger partial charge in [-0.1, -0.05) is 0 Å². The number of anilines is 2. The van der Waals surface area contributed by atoms with E-state index < -0.39 is 0 Å². The summed E-state index contributed by atoms with van der Waals surface area (Å²) in [5.74, 6) is 1.92. The SMILES string of the molecule is C=Nn1c(N2CCC(N3CCOCC3)CC2)ccc(-c2cnc(NCc3c(F)ccc4c3CCO4)n3cnnc23)c1=NC. The predicted molar refractivity (Wildman–Crippen MR) is 161 cm³/mol. The number of aromatic nitrogens is 5. The third kappa shape index (κ3) is 5.01. The molecule has 6 heterocycles. The van der Waals surface area contributed by atoms with Crippen LogP contribution in [0.2, 0.25) is 0 Å². The highest BCUT2D eigenvalue weighted by Gasteiger charge is 2.27. The minimum absolute atomic E-state index is 0.255. The molecule has 4 aromatic rings. The second kappa shape index (κ2) is 11.7. The van der Waals surface area contributed by atoms with Gasteiger partial charge in [0, 0.05) is 87.4 Å². The summed E-state index contributed by atoms with van der Waals surface area (Å²) in [7, 11) is 1.75. The maximum Gasteiger partial charge on any atom is 0.210 e. The molecule has 3 aromatic heterocycles. The second-order valence-corrected chi connectivity index (χ2v) is 10.9. The van der Waals surface area contributed by atoms with Crippen LogP contribution in [0.5, 0.6) is 5.75 Å². The van der Waals surface area contributed by atoms with Crippen molar-refractivity contribution >= 4 is 24.1 Å². The lowest BCUT2D eigenvalue weighted by Gasteiger charge is -2.41. The van der Waals surface area contributed by atoms with E-state index in [1.807, 2.05) is 6.07 Å². The molecule has 1 N–H and O–H groups in total. The third-order valence-electron chi connectivity index (χ3n) is 8.75. The van der Waals surface area contributed by atoms with Crippen LogP contribution >= 0.6 is 0 Å². The van der Waals surface area contributed by atoms with Gasteiger partial charge in [-0.05, 0) is 37.1 Å². The molecule has 0 saturated carbocycles. The van der Waals surface area contributed by atoms with Crippen LogP contribution in [-0.2, 0) is 17.7 Å². The Morgan fingerprint density at radius 3 is 2.70 bits per heavy atom. The normalized spacial score (nSPS) is 18.2. The third-order valence-corrected chi connectivity index (χ3v) is 8.75. The smallest absolute Gasteiger partial charge is 0.210 e. The lowest BCUT2D eigenvalue weighted by molar-refractivity contribution is 0.0114. The highest BCUT2D eigenvalue weighted by Crippen LogP contribution is 2.31. The molecule has 0 atom stereocenters. The van der Waals surface area contributed by atoms with Gasteiger partial charge in [-0.3, -0.25) is 14.3 Å². The van der Waals surface area contributed by atoms with E-state index in [1.54, 1.807) is 34.7 Å². The van der Waals surface area contributed by atoms with E-state index in [1.165, 1.54) is 6.07 Å². The first-order valence-corrected chi connectivity index (χ1v) is 14.7. The minimum Gasteiger partial charge on any atom is -0.493 e. The zero-order chi connectivity index (χ0) is 29.3. The number of halogens is 1. The quantitative estimate of drug-likeness (QED) is 0.329. The van der Waals surface area contributed by atoms with Gasteiger partial charge in [-0.15, -0.1) is 10.2 Å². The molecule has 3 aliphatic rings. The Balaban J connectivity index is 1.16. The molecule has 0 unspecified atom stereocenters. The zero-order valence-electron chi connectivity index (χ0n) is 24.2. The summed E-state index contributed by atoms with van der Waals surface area (Å²) in [6.07, 6.45) is 6.18. The molecule has 3 aliphatic heterocycles. The summed E-state index contributed by atoms with van der Waals surface area (Å²) in [6.45, 7) is 10.2. The Bertz CT molecular complexity index is 1720. The number of rotatable bonds is 7. The van der Waals surface area contributed by atoms with Crippen LogP contribution in [0.3, 0.4) is 0 Å². The summed E-state index contributed by atoms with van der Waals surface area (Å²) >= 11 is 0. The van der Waals surface area contributed by atoms with Crippen LogP contribution in [-0.4, -0.2) is 95.0 Å². The molecule has 0 radical (unpaired) electrons. The van der Waals surface area contributed by atoms with Crippen LogP contribution < -0.4 is 20.4 Å². The molecular weight excluding hydrogens is 551 g/mol. The molecule has 13 heteroatoms. The number of piperidine rings is 1. The number of nitrogens with zero attached hydrogens (tertiary/aromatic N) is 9. The van der Waals surface area contributed by atoms with E-state index in [4.69, 9.17) is 9.47 Å². The molecule has 2 fully saturated rings. The van der Waals surface area contributed by atoms with Gasteiger partial charge >= 0.3 is 0 Å². The summed E-state index contributed by atoms with van der Waals surface area (Å²) in [5, 5.41) is 16.2. The van der Waals surface area contributed by atoms with Crippen molar-refractivity contribution in [3.05, 3.63) is 59.2 Å². The van der Waals surface area contributed by atoms with Crippen molar-refractivity contribution in [3.8, 4) is 16.9 Å². The van der Waals surface area contributed by atoms with Crippen LogP contribution in [0.4, 0.5) is 16.2 Å². The van der Waals surface area contributed by atoms with Gasteiger partial charge in [0.05, 0.1) is 19.8 Å². The molecule has 43 heavy (non-hydrogen) atoms. The Morgan fingerprint density at radius 1 is 1.07 bits per heavy atom. The van der Waals surface area contributed by atoms with Crippen molar-refractivity contribution in [2.45, 2.75) is 31.8 Å². The van der Waals surface area contributed by atoms with E-state index >= 15 is 0 Å². The average Bonchev–Trinajstić information content (AvgIpc) is 3.75. The van der Waals surface area contributed by atoms with Crippen molar-refractivity contribution < 1.29 is 13.9 Å². The fourth-order valence-electron chi connectivity index (χ4n) is 6.55. The standard InChI is InChI=1S/C30H35FN10O2/c1-32-28-22(3-6-27(41(28)33-2)39-10-7-20(8-11-39)38-12-15-42-16-13-38)24-18-35-30(40-19-36-37-29(24)40)34-17-23-21-9-14-43-26(21)5-4-25(23)31/h3-6,18-20H,2,7-17H2,1H3,(H,34,35). The Labute approximate surface area is 248 Å². The summed E-state index contributed by atoms with van der Waals surface area (Å²) in [6, 6.07) is 7.81. The van der Waals surface area contributed by atoms with Gasteiger partial charge in [0.15, 0.2) is 11.1 Å². The summed E-state index contributed by atoms with van der Waals surface area (Å²) < 4.78 is 29.5. The van der Waals surface area contributed by atoms with Gasteiger partial charge in [0.25, 0.3) is 0 Å². The summed E-state index contributed by atoms with van der Waals surface area (Å²) in [4.78, 5) is 14.2. The first-order chi connectivity index (χ1) is 21.2. The van der Waals surface area contributed by atoms with Crippen molar-refractivity contribution in [1.29, 1.82) is 0 Å². The molecule has 7 rings (SSSR count). The number of nitrogens with one attached hydrogen (secondary N) is 1. The predicted octanol–water partition coefficient (Wildman–Crippen LogP) is 2.57. The lowest BCUT2D eigenvalue weighted by atomic mass is 10.0. The van der Waals surface area contributed by atoms with E-state index in [9.17, 15) is 4.39 Å². The fraction of sp³-hybridized carbons (Fsp3) is 0.433. The van der Waals surface area contributed by atoms with Gasteiger partial charge in [0.2, 0.25) is 5.95 Å². The molecule has 1 aromatic carbocycles. The molecule has 0 spiro atoms. The number of fused-ring (bicyclic) bond motifs is 2. The van der Waals surface area contributed by atoms with Gasteiger partial charge in [-0.2, -0.15) is 9.78 Å². The van der Waals surface area contributed by atoms with Crippen LogP contribution in [0.15, 0.2) is 46.9 Å².